The molecule has 0 saturated carbocycles. The number of aliphatic carboxylic acids is 2. The molecule has 0 spiro atoms. The normalized spacial score (nSPS) is 16.5. The van der Waals surface area contributed by atoms with E-state index in [1.807, 2.05) is 0 Å². The minimum absolute atomic E-state index is 0.0217. The predicted octanol–water partition coefficient (Wildman–Crippen LogP) is -4.55. The Labute approximate surface area is 307 Å². The molecule has 1 fully saturated rings. The SMILES string of the molecule is C[C@H](N)C(=O)N1CCC[C@H]1C(=O)N[C@@H](CCCN=C(N)N)C(=O)N[C@@H](CCC(=O)O)C(=O)N[C@@H](CCCN=C(N)N)C(=O)N[C@@H](CCCCN)C(=O)O. The second kappa shape index (κ2) is 24.1. The summed E-state index contributed by atoms with van der Waals surface area (Å²) in [4.78, 5) is 99.2. The topological polar surface area (TPSA) is 392 Å². The van der Waals surface area contributed by atoms with Gasteiger partial charge < -0.3 is 70.8 Å². The van der Waals surface area contributed by atoms with E-state index in [1.165, 1.54) is 11.8 Å². The number of carbonyl (C=O) groups excluding carboxylic acids is 5. The molecule has 0 aliphatic carbocycles. The van der Waals surface area contributed by atoms with Crippen LogP contribution < -0.4 is 55.7 Å². The summed E-state index contributed by atoms with van der Waals surface area (Å²) < 4.78 is 0. The molecule has 0 aromatic heterocycles. The van der Waals surface area contributed by atoms with E-state index in [1.54, 1.807) is 0 Å². The number of amides is 5. The molecule has 1 aliphatic rings. The van der Waals surface area contributed by atoms with E-state index in [2.05, 4.69) is 31.3 Å². The van der Waals surface area contributed by atoms with E-state index in [0.717, 1.165) is 0 Å². The van der Waals surface area contributed by atoms with Crippen LogP contribution in [0.25, 0.3) is 0 Å². The minimum Gasteiger partial charge on any atom is -0.481 e. The highest BCUT2D eigenvalue weighted by atomic mass is 16.4. The first kappa shape index (κ1) is 45.8. The van der Waals surface area contributed by atoms with Crippen molar-refractivity contribution in [2.75, 3.05) is 26.2 Å². The summed E-state index contributed by atoms with van der Waals surface area (Å²) in [7, 11) is 0. The molecule has 6 atom stereocenters. The zero-order valence-corrected chi connectivity index (χ0v) is 30.1. The van der Waals surface area contributed by atoms with E-state index in [0.29, 0.717) is 38.8 Å². The van der Waals surface area contributed by atoms with Gasteiger partial charge in [-0.25, -0.2) is 4.79 Å². The van der Waals surface area contributed by atoms with Crippen molar-refractivity contribution < 1.29 is 43.8 Å². The van der Waals surface area contributed by atoms with Crippen LogP contribution in [0, 0.1) is 0 Å². The molecule has 53 heavy (non-hydrogen) atoms. The van der Waals surface area contributed by atoms with Gasteiger partial charge in [0, 0.05) is 26.1 Å². The number of nitrogens with one attached hydrogen (secondary N) is 4. The quantitative estimate of drug-likeness (QED) is 0.0237. The number of aliphatic imine (C=N–C) groups is 2. The second-order valence-electron chi connectivity index (χ2n) is 12.7. The van der Waals surface area contributed by atoms with Gasteiger partial charge in [-0.15, -0.1) is 0 Å². The van der Waals surface area contributed by atoms with E-state index in [4.69, 9.17) is 34.4 Å². The molecule has 0 radical (unpaired) electrons. The minimum atomic E-state index is -1.52. The van der Waals surface area contributed by atoms with Crippen molar-refractivity contribution in [2.45, 2.75) is 114 Å². The van der Waals surface area contributed by atoms with E-state index in [-0.39, 0.29) is 57.1 Å². The lowest BCUT2D eigenvalue weighted by atomic mass is 10.0. The van der Waals surface area contributed by atoms with Crippen molar-refractivity contribution in [3.63, 3.8) is 0 Å². The van der Waals surface area contributed by atoms with E-state index in [9.17, 15) is 43.8 Å². The van der Waals surface area contributed by atoms with Crippen LogP contribution in [0.1, 0.15) is 77.6 Å². The largest absolute Gasteiger partial charge is 0.481 e. The molecule has 18 N–H and O–H groups in total. The summed E-state index contributed by atoms with van der Waals surface area (Å²) in [5, 5.41) is 29.1. The standard InChI is InChI=1S/C31H57N13O9/c1-17(33)28(51)44-16-6-10-22(44)27(50)42-19(9-5-15-39-31(36)37)24(47)41-20(11-12-23(45)46)26(49)40-18(8-4-14-38-30(34)35)25(48)43-21(29(52)53)7-2-3-13-32/h17-22H,2-16,32-33H2,1H3,(H,40,49)(H,41,47)(H,42,50)(H,43,48)(H,45,46)(H,52,53)(H4,34,35,38)(H4,36,37,39)/t17-,18-,19-,20-,21-,22-/m0/s1. The lowest BCUT2D eigenvalue weighted by Gasteiger charge is -2.28. The van der Waals surface area contributed by atoms with E-state index < -0.39 is 90.6 Å². The summed E-state index contributed by atoms with van der Waals surface area (Å²) in [6.07, 6.45) is 1.13. The van der Waals surface area contributed by atoms with Crippen molar-refractivity contribution >= 4 is 53.4 Å². The van der Waals surface area contributed by atoms with Gasteiger partial charge >= 0.3 is 11.9 Å². The Hall–Kier alpha value is -5.25. The first-order chi connectivity index (χ1) is 25.0. The highest BCUT2D eigenvalue weighted by Gasteiger charge is 2.37. The number of guanidine groups is 2. The molecule has 0 unspecified atom stereocenters. The third-order valence-electron chi connectivity index (χ3n) is 8.23. The predicted molar refractivity (Wildman–Crippen MR) is 193 cm³/mol. The maximum Gasteiger partial charge on any atom is 0.326 e. The molecular formula is C31H57N13O9. The van der Waals surface area contributed by atoms with Crippen LogP contribution in [0.3, 0.4) is 0 Å². The van der Waals surface area contributed by atoms with Crippen molar-refractivity contribution in [3.8, 4) is 0 Å². The molecule has 5 amide bonds. The van der Waals surface area contributed by atoms with Gasteiger partial charge in [0.1, 0.15) is 30.2 Å². The van der Waals surface area contributed by atoms with E-state index >= 15 is 0 Å². The Balaban J connectivity index is 3.32. The Morgan fingerprint density at radius 2 is 1.19 bits per heavy atom. The lowest BCUT2D eigenvalue weighted by Crippen LogP contribution is -2.59. The van der Waals surface area contributed by atoms with Gasteiger partial charge in [0.25, 0.3) is 0 Å². The van der Waals surface area contributed by atoms with Crippen molar-refractivity contribution in [1.82, 2.24) is 26.2 Å². The van der Waals surface area contributed by atoms with Crippen LogP contribution >= 0.6 is 0 Å². The number of unbranched alkanes of at least 4 members (excludes halogenated alkanes) is 1. The average Bonchev–Trinajstić information content (AvgIpc) is 3.58. The van der Waals surface area contributed by atoms with Crippen LogP contribution in [-0.4, -0.2) is 131 Å². The van der Waals surface area contributed by atoms with Crippen LogP contribution in [-0.2, 0) is 33.6 Å². The summed E-state index contributed by atoms with van der Waals surface area (Å²) in [6.45, 7) is 2.25. The molecule has 0 aromatic rings. The van der Waals surface area contributed by atoms with Gasteiger partial charge in [0.05, 0.1) is 6.04 Å². The Kier molecular flexibility index (Phi) is 20.8. The highest BCUT2D eigenvalue weighted by molar-refractivity contribution is 5.96. The number of rotatable bonds is 25. The number of carbonyl (C=O) groups is 7. The van der Waals surface area contributed by atoms with Crippen molar-refractivity contribution in [2.24, 2.45) is 44.4 Å². The highest BCUT2D eigenvalue weighted by Crippen LogP contribution is 2.19. The monoisotopic (exact) mass is 755 g/mol. The lowest BCUT2D eigenvalue weighted by molar-refractivity contribution is -0.142. The number of carboxylic acids is 2. The molecule has 22 heteroatoms. The summed E-state index contributed by atoms with van der Waals surface area (Å²) >= 11 is 0. The van der Waals surface area contributed by atoms with Gasteiger partial charge in [-0.05, 0) is 77.7 Å². The number of nitrogens with zero attached hydrogens (tertiary/aromatic N) is 3. The smallest absolute Gasteiger partial charge is 0.326 e. The molecule has 22 nitrogen and oxygen atoms in total. The number of carboxylic acid groups (broad SMARTS) is 2. The summed E-state index contributed by atoms with van der Waals surface area (Å²) in [6, 6.07) is -7.21. The van der Waals surface area contributed by atoms with Gasteiger partial charge in [0.15, 0.2) is 11.9 Å². The second-order valence-corrected chi connectivity index (χ2v) is 12.7. The summed E-state index contributed by atoms with van der Waals surface area (Å²) in [5.74, 6) is -6.74. The molecule has 1 heterocycles. The maximum atomic E-state index is 13.7. The fourth-order valence-corrected chi connectivity index (χ4v) is 5.48. The average molecular weight is 756 g/mol. The number of hydrogen-bond acceptors (Lipinski definition) is 11. The summed E-state index contributed by atoms with van der Waals surface area (Å²) in [5.41, 5.74) is 32.8. The molecule has 0 bridgehead atoms. The Morgan fingerprint density at radius 1 is 0.717 bits per heavy atom. The fraction of sp³-hybridized carbons (Fsp3) is 0.710. The molecular weight excluding hydrogens is 698 g/mol. The van der Waals surface area contributed by atoms with Crippen LogP contribution in [0.5, 0.6) is 0 Å². The molecule has 1 aliphatic heterocycles. The van der Waals surface area contributed by atoms with Crippen molar-refractivity contribution in [1.29, 1.82) is 0 Å². The Morgan fingerprint density at radius 3 is 1.64 bits per heavy atom. The number of hydrogen-bond donors (Lipinski definition) is 12. The van der Waals surface area contributed by atoms with Gasteiger partial charge in [-0.3, -0.25) is 38.8 Å². The molecule has 1 saturated heterocycles. The van der Waals surface area contributed by atoms with Crippen LogP contribution in [0.2, 0.25) is 0 Å². The zero-order valence-electron chi connectivity index (χ0n) is 30.1. The third kappa shape index (κ3) is 17.7. The van der Waals surface area contributed by atoms with Crippen LogP contribution in [0.4, 0.5) is 0 Å². The first-order valence-electron chi connectivity index (χ1n) is 17.5. The Bertz CT molecular complexity index is 1320. The zero-order chi connectivity index (χ0) is 40.1. The van der Waals surface area contributed by atoms with Gasteiger partial charge in [-0.1, -0.05) is 0 Å². The molecule has 300 valence electrons. The first-order valence-corrected chi connectivity index (χ1v) is 17.5. The molecule has 0 aromatic carbocycles. The van der Waals surface area contributed by atoms with Crippen LogP contribution in [0.15, 0.2) is 9.98 Å². The van der Waals surface area contributed by atoms with Gasteiger partial charge in [0.2, 0.25) is 29.5 Å². The van der Waals surface area contributed by atoms with Gasteiger partial charge in [-0.2, -0.15) is 0 Å². The molecule has 1 rings (SSSR count). The maximum absolute atomic E-state index is 13.7. The number of nitrogens with two attached hydrogens (primary N) is 6. The number of likely N-dealkylation sites (tertiary alicyclic amines) is 1. The van der Waals surface area contributed by atoms with Crippen molar-refractivity contribution in [3.05, 3.63) is 0 Å². The third-order valence-corrected chi connectivity index (χ3v) is 8.23. The fourth-order valence-electron chi connectivity index (χ4n) is 5.48.